The Labute approximate surface area is 67.1 Å². The van der Waals surface area contributed by atoms with Crippen molar-refractivity contribution in [2.45, 2.75) is 0 Å². The molecule has 0 unspecified atom stereocenters. The fraction of sp³-hybridized carbons (Fsp3) is 0. The predicted molar refractivity (Wildman–Crippen MR) is 38.0 cm³/mol. The molecule has 0 heterocycles. The monoisotopic (exact) mass is 172 g/mol. The van der Waals surface area contributed by atoms with Crippen LogP contribution in [0.3, 0.4) is 0 Å². The van der Waals surface area contributed by atoms with Crippen LogP contribution in [0, 0.1) is 11.6 Å². The number of carbonyl (C=O) groups is 1. The summed E-state index contributed by atoms with van der Waals surface area (Å²) >= 11 is 0. The lowest BCUT2D eigenvalue weighted by molar-refractivity contribution is 0.0952. The Morgan fingerprint density at radius 1 is 1.25 bits per heavy atom. The summed E-state index contributed by atoms with van der Waals surface area (Å²) in [6, 6.07) is 2.46. The Morgan fingerprint density at radius 3 is 2.17 bits per heavy atom. The lowest BCUT2D eigenvalue weighted by atomic mass is 10.2. The molecule has 64 valence electrons. The van der Waals surface area contributed by atoms with Gasteiger partial charge in [-0.15, -0.1) is 0 Å². The first kappa shape index (κ1) is 8.61. The zero-order valence-corrected chi connectivity index (χ0v) is 5.97. The van der Waals surface area contributed by atoms with E-state index in [2.05, 4.69) is 0 Å². The van der Waals surface area contributed by atoms with Gasteiger partial charge in [0.1, 0.15) is 11.6 Å². The van der Waals surface area contributed by atoms with Gasteiger partial charge in [-0.3, -0.25) is 10.2 Å². The van der Waals surface area contributed by atoms with E-state index in [-0.39, 0.29) is 5.56 Å². The SMILES string of the molecule is NNC(=O)c1cc(F)cc(F)c1. The van der Waals surface area contributed by atoms with Gasteiger partial charge in [-0.25, -0.2) is 14.6 Å². The largest absolute Gasteiger partial charge is 0.290 e. The second kappa shape index (κ2) is 3.27. The second-order valence-electron chi connectivity index (χ2n) is 2.13. The van der Waals surface area contributed by atoms with E-state index < -0.39 is 17.5 Å². The highest BCUT2D eigenvalue weighted by Crippen LogP contribution is 2.07. The minimum atomic E-state index is -0.811. The molecule has 0 aliphatic carbocycles. The number of benzene rings is 1. The quantitative estimate of drug-likeness (QED) is 0.369. The Morgan fingerprint density at radius 2 is 1.75 bits per heavy atom. The van der Waals surface area contributed by atoms with Crippen molar-refractivity contribution in [3.05, 3.63) is 35.4 Å². The van der Waals surface area contributed by atoms with E-state index in [1.165, 1.54) is 0 Å². The highest BCUT2D eigenvalue weighted by molar-refractivity contribution is 5.93. The average molecular weight is 172 g/mol. The van der Waals surface area contributed by atoms with Crippen molar-refractivity contribution in [1.82, 2.24) is 5.43 Å². The standard InChI is InChI=1S/C7H6F2N2O/c8-5-1-4(7(12)11-10)2-6(9)3-5/h1-3H,10H2,(H,11,12). The number of rotatable bonds is 1. The molecular formula is C7H6F2N2O. The van der Waals surface area contributed by atoms with Gasteiger partial charge in [0.05, 0.1) is 0 Å². The Hall–Kier alpha value is -1.49. The zero-order chi connectivity index (χ0) is 9.14. The molecule has 3 N–H and O–H groups in total. The van der Waals surface area contributed by atoms with E-state index in [0.29, 0.717) is 6.07 Å². The lowest BCUT2D eigenvalue weighted by Crippen LogP contribution is -2.30. The molecule has 0 spiro atoms. The molecule has 0 fully saturated rings. The number of halogens is 2. The molecule has 1 aromatic carbocycles. The minimum absolute atomic E-state index is 0.144. The van der Waals surface area contributed by atoms with Crippen molar-refractivity contribution in [1.29, 1.82) is 0 Å². The number of hydrogen-bond donors (Lipinski definition) is 2. The van der Waals surface area contributed by atoms with Gasteiger partial charge in [0.25, 0.3) is 5.91 Å². The van der Waals surface area contributed by atoms with Gasteiger partial charge in [-0.05, 0) is 12.1 Å². The summed E-state index contributed by atoms with van der Waals surface area (Å²) in [5.41, 5.74) is 1.62. The van der Waals surface area contributed by atoms with Crippen molar-refractivity contribution in [3.8, 4) is 0 Å². The van der Waals surface area contributed by atoms with Crippen LogP contribution in [0.25, 0.3) is 0 Å². The smallest absolute Gasteiger partial charge is 0.265 e. The molecular weight excluding hydrogens is 166 g/mol. The molecule has 1 aromatic rings. The maximum atomic E-state index is 12.5. The molecule has 0 bridgehead atoms. The van der Waals surface area contributed by atoms with Crippen LogP contribution in [0.1, 0.15) is 10.4 Å². The van der Waals surface area contributed by atoms with Crippen LogP contribution in [-0.4, -0.2) is 5.91 Å². The summed E-state index contributed by atoms with van der Waals surface area (Å²) in [4.78, 5) is 10.7. The maximum Gasteiger partial charge on any atom is 0.265 e. The Bertz CT molecular complexity index is 294. The first-order valence-corrected chi connectivity index (χ1v) is 3.10. The fourth-order valence-electron chi connectivity index (χ4n) is 0.768. The number of carbonyl (C=O) groups excluding carboxylic acids is 1. The normalized spacial score (nSPS) is 9.58. The van der Waals surface area contributed by atoms with Gasteiger partial charge in [0.2, 0.25) is 0 Å². The summed E-state index contributed by atoms with van der Waals surface area (Å²) < 4.78 is 24.9. The molecule has 12 heavy (non-hydrogen) atoms. The van der Waals surface area contributed by atoms with Crippen molar-refractivity contribution in [2.24, 2.45) is 5.84 Å². The first-order chi connectivity index (χ1) is 5.63. The van der Waals surface area contributed by atoms with Crippen LogP contribution in [0.5, 0.6) is 0 Å². The van der Waals surface area contributed by atoms with Crippen LogP contribution in [-0.2, 0) is 0 Å². The van der Waals surface area contributed by atoms with E-state index in [1.54, 1.807) is 5.43 Å². The molecule has 0 aliphatic rings. The Balaban J connectivity index is 3.08. The molecule has 5 heteroatoms. The highest BCUT2D eigenvalue weighted by atomic mass is 19.1. The minimum Gasteiger partial charge on any atom is -0.290 e. The molecule has 0 aromatic heterocycles. The third kappa shape index (κ3) is 1.76. The van der Waals surface area contributed by atoms with Gasteiger partial charge in [-0.2, -0.15) is 0 Å². The number of nitrogens with one attached hydrogen (secondary N) is 1. The summed E-state index contributed by atoms with van der Waals surface area (Å²) in [6.45, 7) is 0. The van der Waals surface area contributed by atoms with Crippen molar-refractivity contribution in [2.75, 3.05) is 0 Å². The van der Waals surface area contributed by atoms with Crippen LogP contribution in [0.2, 0.25) is 0 Å². The third-order valence-electron chi connectivity index (χ3n) is 1.26. The predicted octanol–water partition coefficient (Wildman–Crippen LogP) is 0.568. The summed E-state index contributed by atoms with van der Waals surface area (Å²) in [7, 11) is 0. The molecule has 1 rings (SSSR count). The number of hydrogen-bond acceptors (Lipinski definition) is 2. The maximum absolute atomic E-state index is 12.5. The van der Waals surface area contributed by atoms with Crippen LogP contribution < -0.4 is 11.3 Å². The van der Waals surface area contributed by atoms with Gasteiger partial charge in [0.15, 0.2) is 0 Å². The molecule has 3 nitrogen and oxygen atoms in total. The van der Waals surface area contributed by atoms with Crippen LogP contribution in [0.4, 0.5) is 8.78 Å². The lowest BCUT2D eigenvalue weighted by Gasteiger charge is -1.98. The van der Waals surface area contributed by atoms with Gasteiger partial charge in [0, 0.05) is 11.6 Å². The molecule has 0 radical (unpaired) electrons. The summed E-state index contributed by atoms with van der Waals surface area (Å²) in [5, 5.41) is 0. The molecule has 0 saturated heterocycles. The van der Waals surface area contributed by atoms with E-state index >= 15 is 0 Å². The molecule has 0 saturated carbocycles. The Kier molecular flexibility index (Phi) is 2.35. The highest BCUT2D eigenvalue weighted by Gasteiger charge is 2.06. The van der Waals surface area contributed by atoms with E-state index in [4.69, 9.17) is 5.84 Å². The fourth-order valence-corrected chi connectivity index (χ4v) is 0.768. The van der Waals surface area contributed by atoms with E-state index in [1.807, 2.05) is 0 Å². The van der Waals surface area contributed by atoms with Crippen LogP contribution in [0.15, 0.2) is 18.2 Å². The topological polar surface area (TPSA) is 55.1 Å². The number of hydrazine groups is 1. The number of nitrogens with two attached hydrogens (primary N) is 1. The van der Waals surface area contributed by atoms with Crippen molar-refractivity contribution >= 4 is 5.91 Å². The summed E-state index contributed by atoms with van der Waals surface area (Å²) in [6.07, 6.45) is 0. The molecule has 0 aliphatic heterocycles. The number of nitrogen functional groups attached to an aromatic ring is 1. The third-order valence-corrected chi connectivity index (χ3v) is 1.26. The first-order valence-electron chi connectivity index (χ1n) is 3.10. The van der Waals surface area contributed by atoms with Crippen molar-refractivity contribution < 1.29 is 13.6 Å². The molecule has 1 amide bonds. The van der Waals surface area contributed by atoms with E-state index in [9.17, 15) is 13.6 Å². The van der Waals surface area contributed by atoms with Gasteiger partial charge >= 0.3 is 0 Å². The average Bonchev–Trinajstić information content (AvgIpc) is 2.01. The molecule has 0 atom stereocenters. The zero-order valence-electron chi connectivity index (χ0n) is 5.97. The van der Waals surface area contributed by atoms with Gasteiger partial charge in [-0.1, -0.05) is 0 Å². The van der Waals surface area contributed by atoms with E-state index in [0.717, 1.165) is 12.1 Å². The second-order valence-corrected chi connectivity index (χ2v) is 2.13. The van der Waals surface area contributed by atoms with Crippen LogP contribution >= 0.6 is 0 Å². The number of amides is 1. The summed E-state index contributed by atoms with van der Waals surface area (Å²) in [5.74, 6) is 2.41. The van der Waals surface area contributed by atoms with Crippen molar-refractivity contribution in [3.63, 3.8) is 0 Å². The van der Waals surface area contributed by atoms with Gasteiger partial charge < -0.3 is 0 Å².